The fraction of sp³-hybridized carbons (Fsp3) is 0.286. The van der Waals surface area contributed by atoms with Crippen molar-refractivity contribution in [2.75, 3.05) is 17.2 Å². The zero-order valence-electron chi connectivity index (χ0n) is 17.9. The molecule has 0 atom stereocenters. The van der Waals surface area contributed by atoms with Gasteiger partial charge in [0.2, 0.25) is 9.84 Å². The van der Waals surface area contributed by atoms with Gasteiger partial charge in [-0.3, -0.25) is 10.1 Å². The molecule has 0 saturated carbocycles. The standard InChI is InChI=1S/C21H22F2N2O7S/c1-21(2,3)32-20(28)24-14-8-6-7-13(11-14)18(27)31-12-17(26)25-15-9-4-5-10-16(15)33(29,30)19(22)23/h4-11,19H,12H2,1-3H3,(H,24,28)(H,25,26). The van der Waals surface area contributed by atoms with E-state index in [1.165, 1.54) is 36.4 Å². The third kappa shape index (κ3) is 7.52. The van der Waals surface area contributed by atoms with Crippen LogP contribution in [0.1, 0.15) is 31.1 Å². The predicted octanol–water partition coefficient (Wildman–Crippen LogP) is 3.83. The van der Waals surface area contributed by atoms with Crippen molar-refractivity contribution >= 4 is 39.2 Å². The van der Waals surface area contributed by atoms with Crippen molar-refractivity contribution in [2.45, 2.75) is 37.0 Å². The first-order valence-electron chi connectivity index (χ1n) is 9.48. The van der Waals surface area contributed by atoms with Gasteiger partial charge in [0.25, 0.3) is 5.91 Å². The van der Waals surface area contributed by atoms with Gasteiger partial charge in [0.1, 0.15) is 5.60 Å². The van der Waals surface area contributed by atoms with E-state index in [4.69, 9.17) is 9.47 Å². The van der Waals surface area contributed by atoms with Crippen LogP contribution >= 0.6 is 0 Å². The van der Waals surface area contributed by atoms with Crippen LogP contribution in [0.25, 0.3) is 0 Å². The normalized spacial score (nSPS) is 11.6. The highest BCUT2D eigenvalue weighted by Gasteiger charge is 2.29. The zero-order chi connectivity index (χ0) is 24.8. The summed E-state index contributed by atoms with van der Waals surface area (Å²) in [4.78, 5) is 35.4. The number of alkyl halides is 2. The molecule has 9 nitrogen and oxygen atoms in total. The Labute approximate surface area is 189 Å². The summed E-state index contributed by atoms with van der Waals surface area (Å²) >= 11 is 0. The van der Waals surface area contributed by atoms with E-state index in [1.807, 2.05) is 0 Å². The highest BCUT2D eigenvalue weighted by atomic mass is 32.2. The lowest BCUT2D eigenvalue weighted by Gasteiger charge is -2.19. The fourth-order valence-corrected chi connectivity index (χ4v) is 3.35. The average Bonchev–Trinajstić information content (AvgIpc) is 2.71. The van der Waals surface area contributed by atoms with E-state index in [-0.39, 0.29) is 16.9 Å². The van der Waals surface area contributed by atoms with Crippen molar-refractivity contribution in [1.29, 1.82) is 0 Å². The Morgan fingerprint density at radius 1 is 1.00 bits per heavy atom. The Morgan fingerprint density at radius 2 is 1.67 bits per heavy atom. The first-order valence-corrected chi connectivity index (χ1v) is 11.0. The lowest BCUT2D eigenvalue weighted by Crippen LogP contribution is -2.27. The number of para-hydroxylation sites is 1. The van der Waals surface area contributed by atoms with E-state index in [1.54, 1.807) is 20.8 Å². The summed E-state index contributed by atoms with van der Waals surface area (Å²) in [6.45, 7) is 4.25. The number of rotatable bonds is 7. The number of amides is 2. The van der Waals surface area contributed by atoms with E-state index in [0.29, 0.717) is 0 Å². The molecule has 2 rings (SSSR count). The van der Waals surface area contributed by atoms with Crippen molar-refractivity contribution in [3.63, 3.8) is 0 Å². The van der Waals surface area contributed by atoms with Crippen LogP contribution in [0.15, 0.2) is 53.4 Å². The molecular formula is C21H22F2N2O7S. The molecule has 0 fully saturated rings. The molecule has 33 heavy (non-hydrogen) atoms. The van der Waals surface area contributed by atoms with Crippen molar-refractivity contribution in [1.82, 2.24) is 0 Å². The molecule has 0 bridgehead atoms. The topological polar surface area (TPSA) is 128 Å². The molecule has 0 aliphatic rings. The van der Waals surface area contributed by atoms with Gasteiger partial charge in [0.05, 0.1) is 16.1 Å². The van der Waals surface area contributed by atoms with Gasteiger partial charge in [0, 0.05) is 5.69 Å². The first-order chi connectivity index (χ1) is 15.3. The Morgan fingerprint density at radius 3 is 2.30 bits per heavy atom. The third-order valence-electron chi connectivity index (χ3n) is 3.78. The largest absolute Gasteiger partial charge is 0.452 e. The number of halogens is 2. The number of sulfone groups is 1. The second-order valence-corrected chi connectivity index (χ2v) is 9.52. The number of ether oxygens (including phenoxy) is 2. The van der Waals surface area contributed by atoms with Gasteiger partial charge in [-0.05, 0) is 51.1 Å². The van der Waals surface area contributed by atoms with Crippen molar-refractivity contribution < 1.29 is 41.1 Å². The monoisotopic (exact) mass is 484 g/mol. The summed E-state index contributed by atoms with van der Waals surface area (Å²) in [7, 11) is -4.95. The average molecular weight is 484 g/mol. The molecule has 0 aliphatic carbocycles. The van der Waals surface area contributed by atoms with Crippen LogP contribution in [0, 0.1) is 0 Å². The smallest absolute Gasteiger partial charge is 0.412 e. The minimum Gasteiger partial charge on any atom is -0.452 e. The maximum atomic E-state index is 12.8. The molecule has 2 N–H and O–H groups in total. The molecule has 0 spiro atoms. The summed E-state index contributed by atoms with van der Waals surface area (Å²) in [6.07, 6.45) is -0.732. The van der Waals surface area contributed by atoms with Gasteiger partial charge in [-0.25, -0.2) is 18.0 Å². The van der Waals surface area contributed by atoms with E-state index in [2.05, 4.69) is 10.6 Å². The molecular weight excluding hydrogens is 462 g/mol. The van der Waals surface area contributed by atoms with Gasteiger partial charge in [-0.15, -0.1) is 0 Å². The second kappa shape index (κ2) is 10.4. The summed E-state index contributed by atoms with van der Waals surface area (Å²) in [5, 5.41) is 4.59. The van der Waals surface area contributed by atoms with Gasteiger partial charge in [-0.2, -0.15) is 8.78 Å². The number of carbonyl (C=O) groups is 3. The molecule has 2 aromatic carbocycles. The SMILES string of the molecule is CC(C)(C)OC(=O)Nc1cccc(C(=O)OCC(=O)Nc2ccccc2S(=O)(=O)C(F)F)c1. The lowest BCUT2D eigenvalue weighted by atomic mass is 10.2. The van der Waals surface area contributed by atoms with Crippen LogP contribution in [-0.4, -0.2) is 44.4 Å². The molecule has 178 valence electrons. The van der Waals surface area contributed by atoms with Crippen LogP contribution in [0.5, 0.6) is 0 Å². The molecule has 2 amide bonds. The van der Waals surface area contributed by atoms with Crippen molar-refractivity contribution in [3.8, 4) is 0 Å². The molecule has 2 aromatic rings. The highest BCUT2D eigenvalue weighted by molar-refractivity contribution is 7.91. The maximum absolute atomic E-state index is 12.8. The molecule has 0 heterocycles. The summed E-state index contributed by atoms with van der Waals surface area (Å²) in [5.41, 5.74) is -0.838. The van der Waals surface area contributed by atoms with E-state index >= 15 is 0 Å². The summed E-state index contributed by atoms with van der Waals surface area (Å²) in [6, 6.07) is 10.3. The highest BCUT2D eigenvalue weighted by Crippen LogP contribution is 2.26. The number of nitrogens with one attached hydrogen (secondary N) is 2. The van der Waals surface area contributed by atoms with Crippen LogP contribution in [0.3, 0.4) is 0 Å². The number of benzene rings is 2. The van der Waals surface area contributed by atoms with Crippen LogP contribution in [-0.2, 0) is 24.1 Å². The van der Waals surface area contributed by atoms with Gasteiger partial charge in [0.15, 0.2) is 6.61 Å². The van der Waals surface area contributed by atoms with Crippen molar-refractivity contribution in [3.05, 3.63) is 54.1 Å². The van der Waals surface area contributed by atoms with Gasteiger partial charge in [-0.1, -0.05) is 18.2 Å². The number of hydrogen-bond donors (Lipinski definition) is 2. The Bertz CT molecular complexity index is 1150. The zero-order valence-corrected chi connectivity index (χ0v) is 18.7. The first kappa shape index (κ1) is 25.7. The Balaban J connectivity index is 2.01. The molecule has 0 aliphatic heterocycles. The number of hydrogen-bond acceptors (Lipinski definition) is 7. The molecule has 0 aromatic heterocycles. The number of esters is 1. The van der Waals surface area contributed by atoms with Gasteiger partial charge < -0.3 is 14.8 Å². The Hall–Kier alpha value is -3.54. The third-order valence-corrected chi connectivity index (χ3v) is 5.22. The van der Waals surface area contributed by atoms with Crippen LogP contribution < -0.4 is 10.6 Å². The fourth-order valence-electron chi connectivity index (χ4n) is 2.46. The predicted molar refractivity (Wildman–Crippen MR) is 115 cm³/mol. The molecule has 0 radical (unpaired) electrons. The van der Waals surface area contributed by atoms with Gasteiger partial charge >= 0.3 is 17.8 Å². The number of anilines is 2. The Kier molecular flexibility index (Phi) is 8.09. The van der Waals surface area contributed by atoms with Crippen molar-refractivity contribution in [2.24, 2.45) is 0 Å². The quantitative estimate of drug-likeness (QED) is 0.572. The molecule has 12 heteroatoms. The minimum absolute atomic E-state index is 0.0111. The minimum atomic E-state index is -4.95. The van der Waals surface area contributed by atoms with Crippen LogP contribution in [0.4, 0.5) is 25.0 Å². The van der Waals surface area contributed by atoms with Crippen LogP contribution in [0.2, 0.25) is 0 Å². The summed E-state index contributed by atoms with van der Waals surface area (Å²) < 4.78 is 59.2. The maximum Gasteiger partial charge on any atom is 0.412 e. The van der Waals surface area contributed by atoms with E-state index < -0.39 is 50.7 Å². The molecule has 0 saturated heterocycles. The second-order valence-electron chi connectivity index (χ2n) is 7.63. The molecule has 0 unspecified atom stereocenters. The summed E-state index contributed by atoms with van der Waals surface area (Å²) in [5.74, 6) is -5.52. The van der Waals surface area contributed by atoms with E-state index in [9.17, 15) is 31.6 Å². The van der Waals surface area contributed by atoms with E-state index in [0.717, 1.165) is 12.1 Å². The number of carbonyl (C=O) groups excluding carboxylic acids is 3. The lowest BCUT2D eigenvalue weighted by molar-refractivity contribution is -0.119.